The third kappa shape index (κ3) is 4.07. The summed E-state index contributed by atoms with van der Waals surface area (Å²) in [5, 5.41) is 9.41. The third-order valence-corrected chi connectivity index (χ3v) is 4.39. The van der Waals surface area contributed by atoms with E-state index in [1.165, 1.54) is 5.69 Å². The minimum atomic E-state index is -0.184. The van der Waals surface area contributed by atoms with Gasteiger partial charge < -0.3 is 9.80 Å². The lowest BCUT2D eigenvalue weighted by molar-refractivity contribution is -0.126. The first-order chi connectivity index (χ1) is 12.2. The lowest BCUT2D eigenvalue weighted by atomic mass is 10.1. The van der Waals surface area contributed by atoms with Gasteiger partial charge >= 0.3 is 0 Å². The minimum absolute atomic E-state index is 0.184. The molecule has 4 nitrogen and oxygen atoms in total. The second kappa shape index (κ2) is 7.67. The van der Waals surface area contributed by atoms with E-state index in [9.17, 15) is 10.1 Å². The molecule has 4 heteroatoms. The number of piperazine rings is 1. The van der Waals surface area contributed by atoms with Crippen molar-refractivity contribution in [1.29, 1.82) is 5.26 Å². The van der Waals surface area contributed by atoms with Gasteiger partial charge in [0.1, 0.15) is 11.6 Å². The van der Waals surface area contributed by atoms with Gasteiger partial charge in [-0.1, -0.05) is 48.0 Å². The van der Waals surface area contributed by atoms with Crippen LogP contribution in [0, 0.1) is 18.3 Å². The zero-order valence-electron chi connectivity index (χ0n) is 14.4. The molecule has 0 atom stereocenters. The van der Waals surface area contributed by atoms with Crippen molar-refractivity contribution in [3.05, 3.63) is 71.3 Å². The van der Waals surface area contributed by atoms with Crippen LogP contribution in [0.4, 0.5) is 5.69 Å². The highest BCUT2D eigenvalue weighted by molar-refractivity contribution is 6.01. The molecule has 0 spiro atoms. The number of benzene rings is 2. The number of aryl methyl sites for hydroxylation is 1. The summed E-state index contributed by atoms with van der Waals surface area (Å²) in [7, 11) is 0. The fraction of sp³-hybridized carbons (Fsp3) is 0.238. The quantitative estimate of drug-likeness (QED) is 0.641. The number of anilines is 1. The predicted octanol–water partition coefficient (Wildman–Crippen LogP) is 3.25. The van der Waals surface area contributed by atoms with Crippen LogP contribution in [0.2, 0.25) is 0 Å². The summed E-state index contributed by atoms with van der Waals surface area (Å²) in [4.78, 5) is 16.7. The van der Waals surface area contributed by atoms with Crippen LogP contribution >= 0.6 is 0 Å². The molecule has 3 rings (SSSR count). The maximum atomic E-state index is 12.7. The Morgan fingerprint density at radius 3 is 2.40 bits per heavy atom. The van der Waals surface area contributed by atoms with E-state index in [0.717, 1.165) is 24.2 Å². The third-order valence-electron chi connectivity index (χ3n) is 4.39. The molecular weight excluding hydrogens is 310 g/mol. The Balaban J connectivity index is 1.68. The Labute approximate surface area is 148 Å². The van der Waals surface area contributed by atoms with Gasteiger partial charge in [-0.05, 0) is 30.7 Å². The summed E-state index contributed by atoms with van der Waals surface area (Å²) in [6, 6.07) is 20.1. The van der Waals surface area contributed by atoms with Crippen molar-refractivity contribution in [2.45, 2.75) is 6.92 Å². The largest absolute Gasteiger partial charge is 0.368 e. The van der Waals surface area contributed by atoms with Crippen molar-refractivity contribution in [1.82, 2.24) is 4.90 Å². The lowest BCUT2D eigenvalue weighted by Crippen LogP contribution is -2.49. The van der Waals surface area contributed by atoms with Gasteiger partial charge in [-0.25, -0.2) is 0 Å². The van der Waals surface area contributed by atoms with E-state index in [1.807, 2.05) is 49.4 Å². The Kier molecular flexibility index (Phi) is 5.15. The van der Waals surface area contributed by atoms with E-state index < -0.39 is 0 Å². The first kappa shape index (κ1) is 16.8. The van der Waals surface area contributed by atoms with Crippen LogP contribution in [-0.4, -0.2) is 37.0 Å². The average molecular weight is 331 g/mol. The smallest absolute Gasteiger partial charge is 0.264 e. The number of carbonyl (C=O) groups excluding carboxylic acids is 1. The van der Waals surface area contributed by atoms with Gasteiger partial charge in [-0.3, -0.25) is 4.79 Å². The number of amides is 1. The monoisotopic (exact) mass is 331 g/mol. The topological polar surface area (TPSA) is 47.3 Å². The Morgan fingerprint density at radius 2 is 1.76 bits per heavy atom. The number of carbonyl (C=O) groups is 1. The van der Waals surface area contributed by atoms with Gasteiger partial charge in [0.15, 0.2) is 0 Å². The summed E-state index contributed by atoms with van der Waals surface area (Å²) < 4.78 is 0. The van der Waals surface area contributed by atoms with Crippen LogP contribution in [0.5, 0.6) is 0 Å². The maximum Gasteiger partial charge on any atom is 0.264 e. The van der Waals surface area contributed by atoms with Gasteiger partial charge in [0.05, 0.1) is 0 Å². The SMILES string of the molecule is Cc1cccc(/C=C(/C#N)C(=O)N2CCN(c3ccccc3)CC2)c1. The molecule has 126 valence electrons. The van der Waals surface area contributed by atoms with Gasteiger partial charge in [0, 0.05) is 31.9 Å². The molecule has 1 aliphatic heterocycles. The van der Waals surface area contributed by atoms with Crippen molar-refractivity contribution < 1.29 is 4.79 Å². The van der Waals surface area contributed by atoms with Crippen molar-refractivity contribution >= 4 is 17.7 Å². The number of para-hydroxylation sites is 1. The fourth-order valence-corrected chi connectivity index (χ4v) is 3.05. The van der Waals surface area contributed by atoms with Gasteiger partial charge in [-0.15, -0.1) is 0 Å². The van der Waals surface area contributed by atoms with Crippen LogP contribution in [0.1, 0.15) is 11.1 Å². The van der Waals surface area contributed by atoms with E-state index in [4.69, 9.17) is 0 Å². The highest BCUT2D eigenvalue weighted by Crippen LogP contribution is 2.17. The van der Waals surface area contributed by atoms with Crippen molar-refractivity contribution in [2.75, 3.05) is 31.1 Å². The number of hydrogen-bond acceptors (Lipinski definition) is 3. The van der Waals surface area contributed by atoms with Crippen LogP contribution in [0.15, 0.2) is 60.2 Å². The molecular formula is C21H21N3O. The van der Waals surface area contributed by atoms with E-state index in [2.05, 4.69) is 23.1 Å². The van der Waals surface area contributed by atoms with Gasteiger partial charge in [-0.2, -0.15) is 5.26 Å². The van der Waals surface area contributed by atoms with Crippen molar-refractivity contribution in [2.24, 2.45) is 0 Å². The molecule has 0 aromatic heterocycles. The van der Waals surface area contributed by atoms with E-state index >= 15 is 0 Å². The highest BCUT2D eigenvalue weighted by atomic mass is 16.2. The first-order valence-electron chi connectivity index (χ1n) is 8.45. The molecule has 25 heavy (non-hydrogen) atoms. The van der Waals surface area contributed by atoms with E-state index in [1.54, 1.807) is 11.0 Å². The molecule has 0 bridgehead atoms. The van der Waals surface area contributed by atoms with Gasteiger partial charge in [0.25, 0.3) is 5.91 Å². The molecule has 1 aliphatic rings. The summed E-state index contributed by atoms with van der Waals surface area (Å²) >= 11 is 0. The molecule has 1 fully saturated rings. The fourth-order valence-electron chi connectivity index (χ4n) is 3.05. The van der Waals surface area contributed by atoms with Crippen molar-refractivity contribution in [3.8, 4) is 6.07 Å². The summed E-state index contributed by atoms with van der Waals surface area (Å²) in [5.74, 6) is -0.184. The molecule has 0 saturated carbocycles. The minimum Gasteiger partial charge on any atom is -0.368 e. The summed E-state index contributed by atoms with van der Waals surface area (Å²) in [6.45, 7) is 4.80. The maximum absolute atomic E-state index is 12.7. The van der Waals surface area contributed by atoms with Gasteiger partial charge in [0.2, 0.25) is 0 Å². The van der Waals surface area contributed by atoms with E-state index in [-0.39, 0.29) is 11.5 Å². The molecule has 1 saturated heterocycles. The number of rotatable bonds is 3. The zero-order chi connectivity index (χ0) is 17.6. The number of nitriles is 1. The molecule has 0 radical (unpaired) electrons. The standard InChI is InChI=1S/C21H21N3O/c1-17-6-5-7-18(14-17)15-19(16-22)21(25)24-12-10-23(11-13-24)20-8-3-2-4-9-20/h2-9,14-15H,10-13H2,1H3/b19-15-. The molecule has 1 amide bonds. The van der Waals surface area contributed by atoms with E-state index in [0.29, 0.717) is 13.1 Å². The highest BCUT2D eigenvalue weighted by Gasteiger charge is 2.23. The summed E-state index contributed by atoms with van der Waals surface area (Å²) in [5.41, 5.74) is 3.35. The molecule has 1 heterocycles. The zero-order valence-corrected chi connectivity index (χ0v) is 14.4. The Bertz CT molecular complexity index is 813. The Hall–Kier alpha value is -3.06. The average Bonchev–Trinajstić information content (AvgIpc) is 2.66. The molecule has 0 unspecified atom stereocenters. The lowest BCUT2D eigenvalue weighted by Gasteiger charge is -2.36. The number of hydrogen-bond donors (Lipinski definition) is 0. The first-order valence-corrected chi connectivity index (χ1v) is 8.45. The van der Waals surface area contributed by atoms with Crippen LogP contribution in [0.3, 0.4) is 0 Å². The van der Waals surface area contributed by atoms with Crippen molar-refractivity contribution in [3.63, 3.8) is 0 Å². The van der Waals surface area contributed by atoms with Crippen LogP contribution in [0.25, 0.3) is 6.08 Å². The second-order valence-electron chi connectivity index (χ2n) is 6.20. The van der Waals surface area contributed by atoms with Crippen LogP contribution < -0.4 is 4.90 Å². The summed E-state index contributed by atoms with van der Waals surface area (Å²) in [6.07, 6.45) is 1.68. The Morgan fingerprint density at radius 1 is 1.04 bits per heavy atom. The molecule has 0 aliphatic carbocycles. The molecule has 0 N–H and O–H groups in total. The normalized spacial score (nSPS) is 15.0. The number of nitrogens with zero attached hydrogens (tertiary/aromatic N) is 3. The molecule has 2 aromatic carbocycles. The second-order valence-corrected chi connectivity index (χ2v) is 6.20. The molecule has 2 aromatic rings. The van der Waals surface area contributed by atoms with Crippen LogP contribution in [-0.2, 0) is 4.79 Å². The predicted molar refractivity (Wildman–Crippen MR) is 100 cm³/mol.